The van der Waals surface area contributed by atoms with E-state index in [1.165, 1.54) is 30.6 Å². The number of amidine groups is 1. The lowest BCUT2D eigenvalue weighted by molar-refractivity contribution is 0.392. The van der Waals surface area contributed by atoms with Crippen molar-refractivity contribution in [2.45, 2.75) is 38.3 Å². The molecule has 1 N–H and O–H groups in total. The van der Waals surface area contributed by atoms with Gasteiger partial charge < -0.3 is 4.90 Å². The summed E-state index contributed by atoms with van der Waals surface area (Å²) < 4.78 is 0. The van der Waals surface area contributed by atoms with Crippen LogP contribution in [0.15, 0.2) is 17.5 Å². The topological polar surface area (TPSA) is 27.1 Å². The van der Waals surface area contributed by atoms with Crippen LogP contribution in [0, 0.1) is 11.3 Å². The van der Waals surface area contributed by atoms with Crippen molar-refractivity contribution in [1.29, 1.82) is 5.41 Å². The minimum atomic E-state index is 0.588. The van der Waals surface area contributed by atoms with Crippen LogP contribution in [0.3, 0.4) is 0 Å². The molecule has 0 radical (unpaired) electrons. The molecule has 0 amide bonds. The van der Waals surface area contributed by atoms with E-state index in [4.69, 9.17) is 5.41 Å². The second kappa shape index (κ2) is 3.63. The van der Waals surface area contributed by atoms with Gasteiger partial charge in [0, 0.05) is 16.8 Å². The fourth-order valence-electron chi connectivity index (χ4n) is 1.96. The Morgan fingerprint density at radius 3 is 2.73 bits per heavy atom. The third-order valence-electron chi connectivity index (χ3n) is 3.17. The van der Waals surface area contributed by atoms with Gasteiger partial charge in [0.05, 0.1) is 12.4 Å². The number of hydrogen-bond acceptors (Lipinski definition) is 2. The van der Waals surface area contributed by atoms with Gasteiger partial charge in [0.25, 0.3) is 0 Å². The Labute approximate surface area is 94.4 Å². The molecular weight excluding hydrogens is 204 g/mol. The SMILES string of the molecule is N=C(C1CC1)N(Cc1cccs1)C1CC1. The molecule has 2 nitrogen and oxygen atoms in total. The van der Waals surface area contributed by atoms with E-state index >= 15 is 0 Å². The highest BCUT2D eigenvalue weighted by Crippen LogP contribution is 2.37. The minimum absolute atomic E-state index is 0.588. The Hall–Kier alpha value is -0.830. The first-order valence-corrected chi connectivity index (χ1v) is 6.60. The first kappa shape index (κ1) is 9.40. The Balaban J connectivity index is 1.70. The van der Waals surface area contributed by atoms with Crippen LogP contribution in [-0.4, -0.2) is 16.8 Å². The summed E-state index contributed by atoms with van der Waals surface area (Å²) in [6.07, 6.45) is 5.07. The first-order valence-electron chi connectivity index (χ1n) is 5.72. The molecule has 80 valence electrons. The summed E-state index contributed by atoms with van der Waals surface area (Å²) in [4.78, 5) is 3.73. The number of hydrogen-bond donors (Lipinski definition) is 1. The summed E-state index contributed by atoms with van der Waals surface area (Å²) in [7, 11) is 0. The van der Waals surface area contributed by atoms with E-state index in [1.54, 1.807) is 0 Å². The maximum absolute atomic E-state index is 8.17. The average Bonchev–Trinajstić information content (AvgIpc) is 3.13. The number of nitrogens with one attached hydrogen (secondary N) is 1. The molecule has 0 saturated heterocycles. The van der Waals surface area contributed by atoms with Crippen LogP contribution in [0.1, 0.15) is 30.6 Å². The molecule has 1 aromatic rings. The van der Waals surface area contributed by atoms with Crippen LogP contribution in [0.5, 0.6) is 0 Å². The van der Waals surface area contributed by atoms with E-state index in [1.807, 2.05) is 11.3 Å². The first-order chi connectivity index (χ1) is 7.34. The van der Waals surface area contributed by atoms with E-state index in [0.717, 1.165) is 12.4 Å². The fourth-order valence-corrected chi connectivity index (χ4v) is 2.66. The van der Waals surface area contributed by atoms with Crippen molar-refractivity contribution in [1.82, 2.24) is 4.90 Å². The molecule has 3 heteroatoms. The Bertz CT molecular complexity index is 350. The van der Waals surface area contributed by atoms with Gasteiger partial charge in [-0.3, -0.25) is 5.41 Å². The predicted molar refractivity (Wildman–Crippen MR) is 63.3 cm³/mol. The van der Waals surface area contributed by atoms with Gasteiger partial charge in [-0.25, -0.2) is 0 Å². The van der Waals surface area contributed by atoms with E-state index in [2.05, 4.69) is 22.4 Å². The summed E-state index contributed by atoms with van der Waals surface area (Å²) >= 11 is 1.81. The number of nitrogens with zero attached hydrogens (tertiary/aromatic N) is 1. The van der Waals surface area contributed by atoms with Gasteiger partial charge in [0.2, 0.25) is 0 Å². The summed E-state index contributed by atoms with van der Waals surface area (Å²) in [5, 5.41) is 10.3. The molecule has 0 spiro atoms. The van der Waals surface area contributed by atoms with Gasteiger partial charge >= 0.3 is 0 Å². The van der Waals surface area contributed by atoms with Crippen molar-refractivity contribution in [2.24, 2.45) is 5.92 Å². The highest BCUT2D eigenvalue weighted by molar-refractivity contribution is 7.09. The Kier molecular flexibility index (Phi) is 2.28. The zero-order valence-electron chi connectivity index (χ0n) is 8.78. The molecule has 0 unspecified atom stereocenters. The van der Waals surface area contributed by atoms with E-state index in [0.29, 0.717) is 12.0 Å². The molecular formula is C12H16N2S. The largest absolute Gasteiger partial charge is 0.352 e. The lowest BCUT2D eigenvalue weighted by Crippen LogP contribution is -2.32. The zero-order valence-corrected chi connectivity index (χ0v) is 9.59. The van der Waals surface area contributed by atoms with Crippen molar-refractivity contribution in [2.75, 3.05) is 0 Å². The molecule has 15 heavy (non-hydrogen) atoms. The molecule has 0 bridgehead atoms. The second-order valence-electron chi connectivity index (χ2n) is 4.60. The van der Waals surface area contributed by atoms with Gasteiger partial charge in [0.15, 0.2) is 0 Å². The smallest absolute Gasteiger partial charge is 0.0995 e. The molecule has 0 atom stereocenters. The highest BCUT2D eigenvalue weighted by Gasteiger charge is 2.37. The lowest BCUT2D eigenvalue weighted by Gasteiger charge is -2.24. The molecule has 0 aromatic carbocycles. The van der Waals surface area contributed by atoms with Crippen LogP contribution in [0.2, 0.25) is 0 Å². The van der Waals surface area contributed by atoms with Gasteiger partial charge in [-0.2, -0.15) is 0 Å². The van der Waals surface area contributed by atoms with Crippen LogP contribution in [0.4, 0.5) is 0 Å². The summed E-state index contributed by atoms with van der Waals surface area (Å²) in [5.74, 6) is 1.50. The Morgan fingerprint density at radius 2 is 2.20 bits per heavy atom. The lowest BCUT2D eigenvalue weighted by atomic mass is 10.3. The summed E-state index contributed by atoms with van der Waals surface area (Å²) in [6, 6.07) is 4.96. The minimum Gasteiger partial charge on any atom is -0.352 e. The fraction of sp³-hybridized carbons (Fsp3) is 0.583. The predicted octanol–water partition coefficient (Wildman–Crippen LogP) is 3.10. The molecule has 2 fully saturated rings. The molecule has 2 aliphatic carbocycles. The Morgan fingerprint density at radius 1 is 1.40 bits per heavy atom. The normalized spacial score (nSPS) is 20.3. The second-order valence-corrected chi connectivity index (χ2v) is 5.63. The summed E-state index contributed by atoms with van der Waals surface area (Å²) in [6.45, 7) is 0.970. The number of thiophene rings is 1. The van der Waals surface area contributed by atoms with Gasteiger partial charge in [-0.15, -0.1) is 11.3 Å². The van der Waals surface area contributed by atoms with Crippen LogP contribution in [-0.2, 0) is 6.54 Å². The maximum Gasteiger partial charge on any atom is 0.0995 e. The van der Waals surface area contributed by atoms with Crippen LogP contribution < -0.4 is 0 Å². The standard InChI is InChI=1S/C12H16N2S/c13-12(9-3-4-9)14(10-5-6-10)8-11-2-1-7-15-11/h1-2,7,9-10,13H,3-6,8H2. The van der Waals surface area contributed by atoms with Crippen molar-refractivity contribution >= 4 is 17.2 Å². The van der Waals surface area contributed by atoms with Crippen molar-refractivity contribution < 1.29 is 0 Å². The van der Waals surface area contributed by atoms with E-state index in [9.17, 15) is 0 Å². The zero-order chi connectivity index (χ0) is 10.3. The van der Waals surface area contributed by atoms with Crippen LogP contribution in [0.25, 0.3) is 0 Å². The van der Waals surface area contributed by atoms with Crippen LogP contribution >= 0.6 is 11.3 Å². The van der Waals surface area contributed by atoms with E-state index in [-0.39, 0.29) is 0 Å². The van der Waals surface area contributed by atoms with Crippen molar-refractivity contribution in [3.05, 3.63) is 22.4 Å². The van der Waals surface area contributed by atoms with Gasteiger partial charge in [-0.05, 0) is 37.1 Å². The third-order valence-corrected chi connectivity index (χ3v) is 4.03. The quantitative estimate of drug-likeness (QED) is 0.612. The summed E-state index contributed by atoms with van der Waals surface area (Å²) in [5.41, 5.74) is 0. The van der Waals surface area contributed by atoms with Crippen molar-refractivity contribution in [3.8, 4) is 0 Å². The maximum atomic E-state index is 8.17. The van der Waals surface area contributed by atoms with Gasteiger partial charge in [-0.1, -0.05) is 6.07 Å². The average molecular weight is 220 g/mol. The van der Waals surface area contributed by atoms with Gasteiger partial charge in [0.1, 0.15) is 0 Å². The molecule has 1 heterocycles. The monoisotopic (exact) mass is 220 g/mol. The molecule has 0 aliphatic heterocycles. The molecule has 3 rings (SSSR count). The third kappa shape index (κ3) is 2.07. The van der Waals surface area contributed by atoms with E-state index < -0.39 is 0 Å². The van der Waals surface area contributed by atoms with Crippen molar-refractivity contribution in [3.63, 3.8) is 0 Å². The molecule has 2 saturated carbocycles. The molecule has 1 aromatic heterocycles. The molecule has 2 aliphatic rings. The highest BCUT2D eigenvalue weighted by atomic mass is 32.1. The number of rotatable bonds is 4.